The molecule has 0 aliphatic heterocycles. The highest BCUT2D eigenvalue weighted by Crippen LogP contribution is 2.20. The highest BCUT2D eigenvalue weighted by atomic mass is 16.5. The Balaban J connectivity index is 1.61. The minimum Gasteiger partial charge on any atom is -0.377 e. The summed E-state index contributed by atoms with van der Waals surface area (Å²) in [4.78, 5) is 3.94. The molecule has 1 fully saturated rings. The van der Waals surface area contributed by atoms with Crippen LogP contribution in [0.3, 0.4) is 0 Å². The third kappa shape index (κ3) is 4.10. The summed E-state index contributed by atoms with van der Waals surface area (Å²) < 4.78 is 5.76. The molecule has 0 atom stereocenters. The highest BCUT2D eigenvalue weighted by molar-refractivity contribution is 5.25. The lowest BCUT2D eigenvalue weighted by Crippen LogP contribution is -2.21. The summed E-state index contributed by atoms with van der Waals surface area (Å²) in [5, 5.41) is 12.1. The number of nitriles is 1. The molecule has 1 aliphatic carbocycles. The van der Waals surface area contributed by atoms with Crippen molar-refractivity contribution in [3.8, 4) is 6.07 Å². The van der Waals surface area contributed by atoms with E-state index >= 15 is 0 Å². The third-order valence-electron chi connectivity index (χ3n) is 3.20. The molecule has 18 heavy (non-hydrogen) atoms. The van der Waals surface area contributed by atoms with Gasteiger partial charge in [0.25, 0.3) is 0 Å². The molecule has 1 heterocycles. The number of rotatable bonds is 6. The second kappa shape index (κ2) is 7.10. The second-order valence-corrected chi connectivity index (χ2v) is 4.62. The largest absolute Gasteiger partial charge is 0.377 e. The molecule has 0 saturated heterocycles. The van der Waals surface area contributed by atoms with Crippen LogP contribution < -0.4 is 5.32 Å². The molecule has 1 N–H and O–H groups in total. The van der Waals surface area contributed by atoms with Gasteiger partial charge in [0.1, 0.15) is 11.8 Å². The number of nitrogens with one attached hydrogen (secondary N) is 1. The Morgan fingerprint density at radius 3 is 3.06 bits per heavy atom. The topological polar surface area (TPSA) is 57.9 Å². The fourth-order valence-electron chi connectivity index (χ4n) is 2.23. The molecule has 0 amide bonds. The molecule has 0 spiro atoms. The van der Waals surface area contributed by atoms with Gasteiger partial charge in [0.15, 0.2) is 0 Å². The van der Waals surface area contributed by atoms with Crippen molar-refractivity contribution in [1.29, 1.82) is 5.26 Å². The van der Waals surface area contributed by atoms with Gasteiger partial charge in [-0.15, -0.1) is 0 Å². The van der Waals surface area contributed by atoms with Gasteiger partial charge in [0.05, 0.1) is 12.7 Å². The van der Waals surface area contributed by atoms with Crippen LogP contribution in [0.2, 0.25) is 0 Å². The summed E-state index contributed by atoms with van der Waals surface area (Å²) in [7, 11) is 0. The predicted molar refractivity (Wildman–Crippen MR) is 68.9 cm³/mol. The number of pyridine rings is 1. The standard InChI is InChI=1S/C14H19N3O/c15-10-13-9-12(5-6-17-13)11-16-7-8-18-14-3-1-2-4-14/h5-6,9,14,16H,1-4,7-8,11H2. The van der Waals surface area contributed by atoms with E-state index in [2.05, 4.69) is 10.3 Å². The summed E-state index contributed by atoms with van der Waals surface area (Å²) in [6.07, 6.45) is 7.21. The van der Waals surface area contributed by atoms with Crippen molar-refractivity contribution in [2.75, 3.05) is 13.2 Å². The van der Waals surface area contributed by atoms with Gasteiger partial charge < -0.3 is 10.1 Å². The summed E-state index contributed by atoms with van der Waals surface area (Å²) in [6, 6.07) is 5.78. The van der Waals surface area contributed by atoms with E-state index < -0.39 is 0 Å². The zero-order chi connectivity index (χ0) is 12.6. The van der Waals surface area contributed by atoms with Crippen molar-refractivity contribution in [2.24, 2.45) is 0 Å². The first-order valence-electron chi connectivity index (χ1n) is 6.56. The predicted octanol–water partition coefficient (Wildman–Crippen LogP) is 2.00. The van der Waals surface area contributed by atoms with Crippen molar-refractivity contribution < 1.29 is 4.74 Å². The van der Waals surface area contributed by atoms with E-state index in [0.29, 0.717) is 11.8 Å². The minimum atomic E-state index is 0.469. The first-order chi connectivity index (χ1) is 8.88. The molecule has 2 rings (SSSR count). The monoisotopic (exact) mass is 245 g/mol. The third-order valence-corrected chi connectivity index (χ3v) is 3.20. The van der Waals surface area contributed by atoms with Crippen LogP contribution in [0.5, 0.6) is 0 Å². The van der Waals surface area contributed by atoms with Gasteiger partial charge in [0, 0.05) is 19.3 Å². The Hall–Kier alpha value is -1.44. The first-order valence-corrected chi connectivity index (χ1v) is 6.56. The highest BCUT2D eigenvalue weighted by Gasteiger charge is 2.14. The summed E-state index contributed by atoms with van der Waals surface area (Å²) in [6.45, 7) is 2.37. The minimum absolute atomic E-state index is 0.469. The SMILES string of the molecule is N#Cc1cc(CNCCOC2CCCC2)ccn1. The summed E-state index contributed by atoms with van der Waals surface area (Å²) in [5.74, 6) is 0. The molecule has 96 valence electrons. The van der Waals surface area contributed by atoms with Gasteiger partial charge in [0.2, 0.25) is 0 Å². The van der Waals surface area contributed by atoms with E-state index in [9.17, 15) is 0 Å². The zero-order valence-corrected chi connectivity index (χ0v) is 10.6. The maximum absolute atomic E-state index is 8.74. The van der Waals surface area contributed by atoms with Crippen LogP contribution in [0.4, 0.5) is 0 Å². The Kier molecular flexibility index (Phi) is 5.13. The van der Waals surface area contributed by atoms with E-state index in [0.717, 1.165) is 25.3 Å². The Labute approximate surface area is 108 Å². The van der Waals surface area contributed by atoms with Gasteiger partial charge in [-0.3, -0.25) is 0 Å². The zero-order valence-electron chi connectivity index (χ0n) is 10.6. The average molecular weight is 245 g/mol. The lowest BCUT2D eigenvalue weighted by molar-refractivity contribution is 0.0603. The molecule has 1 aromatic rings. The summed E-state index contributed by atoms with van der Waals surface area (Å²) in [5.41, 5.74) is 1.55. The number of aromatic nitrogens is 1. The van der Waals surface area contributed by atoms with Gasteiger partial charge in [-0.05, 0) is 30.5 Å². The van der Waals surface area contributed by atoms with E-state index in [1.807, 2.05) is 18.2 Å². The lowest BCUT2D eigenvalue weighted by atomic mass is 10.2. The van der Waals surface area contributed by atoms with Crippen molar-refractivity contribution in [2.45, 2.75) is 38.3 Å². The summed E-state index contributed by atoms with van der Waals surface area (Å²) >= 11 is 0. The van der Waals surface area contributed by atoms with Crippen molar-refractivity contribution >= 4 is 0 Å². The molecule has 0 aromatic carbocycles. The normalized spacial score (nSPS) is 15.7. The maximum Gasteiger partial charge on any atom is 0.140 e. The number of hydrogen-bond acceptors (Lipinski definition) is 4. The van der Waals surface area contributed by atoms with Crippen LogP contribution >= 0.6 is 0 Å². The van der Waals surface area contributed by atoms with Gasteiger partial charge in [-0.25, -0.2) is 4.98 Å². The number of nitrogens with zero attached hydrogens (tertiary/aromatic N) is 2. The quantitative estimate of drug-likeness (QED) is 0.779. The fraction of sp³-hybridized carbons (Fsp3) is 0.571. The molecule has 0 radical (unpaired) electrons. The van der Waals surface area contributed by atoms with Gasteiger partial charge in [-0.1, -0.05) is 12.8 Å². The smallest absolute Gasteiger partial charge is 0.140 e. The van der Waals surface area contributed by atoms with E-state index in [-0.39, 0.29) is 0 Å². The molecule has 0 bridgehead atoms. The molecule has 4 heteroatoms. The van der Waals surface area contributed by atoms with Crippen LogP contribution in [0.1, 0.15) is 36.9 Å². The van der Waals surface area contributed by atoms with Crippen molar-refractivity contribution in [1.82, 2.24) is 10.3 Å². The molecular formula is C14H19N3O. The van der Waals surface area contributed by atoms with Crippen molar-refractivity contribution in [3.63, 3.8) is 0 Å². The molecule has 4 nitrogen and oxygen atoms in total. The molecule has 1 aromatic heterocycles. The number of ether oxygens (including phenoxy) is 1. The first kappa shape index (κ1) is 13.0. The molecule has 0 unspecified atom stereocenters. The van der Waals surface area contributed by atoms with Crippen LogP contribution in [0.15, 0.2) is 18.3 Å². The Bertz CT molecular complexity index is 408. The van der Waals surface area contributed by atoms with Crippen LogP contribution in [0, 0.1) is 11.3 Å². The molecular weight excluding hydrogens is 226 g/mol. The van der Waals surface area contributed by atoms with Crippen LogP contribution in [-0.4, -0.2) is 24.2 Å². The molecule has 1 aliphatic rings. The van der Waals surface area contributed by atoms with Gasteiger partial charge >= 0.3 is 0 Å². The van der Waals surface area contributed by atoms with Gasteiger partial charge in [-0.2, -0.15) is 5.26 Å². The Morgan fingerprint density at radius 1 is 1.44 bits per heavy atom. The fourth-order valence-corrected chi connectivity index (χ4v) is 2.23. The van der Waals surface area contributed by atoms with Crippen molar-refractivity contribution in [3.05, 3.63) is 29.6 Å². The number of hydrogen-bond donors (Lipinski definition) is 1. The molecule has 1 saturated carbocycles. The maximum atomic E-state index is 8.74. The van der Waals surface area contributed by atoms with E-state index in [1.54, 1.807) is 6.20 Å². The second-order valence-electron chi connectivity index (χ2n) is 4.62. The lowest BCUT2D eigenvalue weighted by Gasteiger charge is -2.11. The average Bonchev–Trinajstić information content (AvgIpc) is 2.92. The Morgan fingerprint density at radius 2 is 2.28 bits per heavy atom. The van der Waals surface area contributed by atoms with E-state index in [4.69, 9.17) is 10.00 Å². The van der Waals surface area contributed by atoms with E-state index in [1.165, 1.54) is 25.7 Å². The van der Waals surface area contributed by atoms with Crippen LogP contribution in [0.25, 0.3) is 0 Å². The van der Waals surface area contributed by atoms with Crippen LogP contribution in [-0.2, 0) is 11.3 Å².